The van der Waals surface area contributed by atoms with Gasteiger partial charge in [0.25, 0.3) is 0 Å². The van der Waals surface area contributed by atoms with Crippen molar-refractivity contribution in [3.05, 3.63) is 21.3 Å². The largest absolute Gasteiger partial charge is 4.00 e. The predicted molar refractivity (Wildman–Crippen MR) is 104 cm³/mol. The normalized spacial score (nSPS) is 8.00. The molecule has 0 aliphatic rings. The van der Waals surface area contributed by atoms with Gasteiger partial charge in [0.05, 0.1) is 0 Å². The summed E-state index contributed by atoms with van der Waals surface area (Å²) in [6, 6.07) is 0. The van der Waals surface area contributed by atoms with Gasteiger partial charge in [-0.1, -0.05) is 55.4 Å². The summed E-state index contributed by atoms with van der Waals surface area (Å²) in [5.74, 6) is 0. The van der Waals surface area contributed by atoms with E-state index in [0.29, 0.717) is 0 Å². The predicted octanol–water partition coefficient (Wildman–Crippen LogP) is 5.22. The van der Waals surface area contributed by atoms with Crippen molar-refractivity contribution < 1.29 is 0 Å². The van der Waals surface area contributed by atoms with Crippen molar-refractivity contribution in [1.82, 2.24) is 0 Å². The van der Waals surface area contributed by atoms with Gasteiger partial charge in [-0.2, -0.15) is 52.4 Å². The molecule has 0 radical (unpaired) electrons. The van der Waals surface area contributed by atoms with E-state index in [1.54, 1.807) is 0 Å². The van der Waals surface area contributed by atoms with Crippen LogP contribution in [0.3, 0.4) is 0 Å². The molecule has 4 nitrogen and oxygen atoms in total. The molecule has 0 saturated heterocycles. The summed E-state index contributed by atoms with van der Waals surface area (Å²) in [7, 11) is 0. The maximum atomic E-state index is 3.97. The molecule has 0 aliphatic carbocycles. The van der Waals surface area contributed by atoms with Crippen LogP contribution in [0.2, 0.25) is 0 Å². The van der Waals surface area contributed by atoms with E-state index in [-0.39, 0.29) is 11.0 Å². The molecule has 0 rings (SSSR count). The average molecular weight is 317 g/mol. The Bertz CT molecular complexity index is 74.3. The summed E-state index contributed by atoms with van der Waals surface area (Å²) in [4.78, 5) is 0. The molecule has 5 heteroatoms. The molecule has 0 bridgehead atoms. The van der Waals surface area contributed by atoms with Crippen molar-refractivity contribution in [3.8, 4) is 0 Å². The Kier molecular flexibility index (Phi) is 78.4. The quantitative estimate of drug-likeness (QED) is 0.551. The van der Waals surface area contributed by atoms with Gasteiger partial charge in [0, 0.05) is 0 Å². The Morgan fingerprint density at radius 1 is 0.333 bits per heavy atom. The van der Waals surface area contributed by atoms with E-state index in [1.165, 1.54) is 0 Å². The molecular weight excluding hydrogens is 276 g/mol. The number of hydrogen-bond donors (Lipinski definition) is 0. The van der Waals surface area contributed by atoms with Crippen LogP contribution in [0.4, 0.5) is 0 Å². The Morgan fingerprint density at radius 2 is 0.429 bits per heavy atom. The summed E-state index contributed by atoms with van der Waals surface area (Å²) in [5, 5.41) is 15.9. The van der Waals surface area contributed by atoms with Crippen molar-refractivity contribution in [2.45, 2.75) is 55.4 Å². The Hall–Kier alpha value is 0.0569. The molecule has 0 N–H and O–H groups in total. The number of rotatable bonds is 8. The van der Waals surface area contributed by atoms with Crippen molar-refractivity contribution in [1.29, 1.82) is 0 Å². The number of hydrogen-bond acceptors (Lipinski definition) is 0. The third-order valence-corrected chi connectivity index (χ3v) is 1.79. The summed E-state index contributed by atoms with van der Waals surface area (Å²) >= 11 is 0. The number of nitrogens with zero attached hydrogens (tertiary/aromatic N) is 4. The standard InChI is InChI=1S/4C4H10N.Si/c4*1-3-5-4-2;/h4*3-4H2,1-2H3;/q4*-1;+4. The molecule has 0 heterocycles. The molecule has 0 aliphatic heterocycles. The van der Waals surface area contributed by atoms with Crippen molar-refractivity contribution in [3.63, 3.8) is 0 Å². The average Bonchev–Trinajstić information content (AvgIpc) is 2.44. The van der Waals surface area contributed by atoms with Crippen LogP contribution in [-0.4, -0.2) is 63.3 Å². The van der Waals surface area contributed by atoms with Crippen LogP contribution < -0.4 is 0 Å². The van der Waals surface area contributed by atoms with Gasteiger partial charge in [-0.05, 0) is 0 Å². The fraction of sp³-hybridized carbons (Fsp3) is 1.00. The first kappa shape index (κ1) is 32.9. The first-order valence-corrected chi connectivity index (χ1v) is 8.19. The van der Waals surface area contributed by atoms with Gasteiger partial charge in [-0.3, -0.25) is 0 Å². The second-order valence-electron chi connectivity index (χ2n) is 3.42. The molecule has 0 aromatic rings. The molecule has 0 fully saturated rings. The van der Waals surface area contributed by atoms with E-state index in [1.807, 2.05) is 55.4 Å². The fourth-order valence-electron chi connectivity index (χ4n) is 0.894. The van der Waals surface area contributed by atoms with Gasteiger partial charge in [-0.25, -0.2) is 0 Å². The maximum absolute atomic E-state index is 3.97. The van der Waals surface area contributed by atoms with Crippen LogP contribution in [0.5, 0.6) is 0 Å². The molecule has 128 valence electrons. The first-order chi connectivity index (χ1) is 9.66. The molecule has 0 amide bonds. The van der Waals surface area contributed by atoms with E-state index >= 15 is 0 Å². The third-order valence-electron chi connectivity index (χ3n) is 1.79. The monoisotopic (exact) mass is 316 g/mol. The van der Waals surface area contributed by atoms with Gasteiger partial charge >= 0.3 is 11.0 Å². The maximum Gasteiger partial charge on any atom is 4.00 e. The topological polar surface area (TPSA) is 56.4 Å². The fourth-order valence-corrected chi connectivity index (χ4v) is 0.894. The van der Waals surface area contributed by atoms with Gasteiger partial charge in [0.15, 0.2) is 0 Å². The zero-order valence-corrected chi connectivity index (χ0v) is 16.9. The minimum atomic E-state index is 0. The zero-order chi connectivity index (χ0) is 16.5. The van der Waals surface area contributed by atoms with Crippen LogP contribution in [0.1, 0.15) is 55.4 Å². The molecule has 0 aromatic heterocycles. The Labute approximate surface area is 140 Å². The smallest absolute Gasteiger partial charge is 0.663 e. The van der Waals surface area contributed by atoms with Crippen LogP contribution in [-0.2, 0) is 0 Å². The third kappa shape index (κ3) is 101. The SMILES string of the molecule is CC[N-]CC.CC[N-]CC.CC[N-]CC.CC[N-]CC.[Si+4]. The van der Waals surface area contributed by atoms with Crippen LogP contribution in [0.15, 0.2) is 0 Å². The van der Waals surface area contributed by atoms with Gasteiger partial charge in [0.1, 0.15) is 0 Å². The molecule has 0 saturated carbocycles. The Balaban J connectivity index is -0.0000000533. The van der Waals surface area contributed by atoms with E-state index < -0.39 is 0 Å². The minimum Gasteiger partial charge on any atom is -0.663 e. The van der Waals surface area contributed by atoms with Crippen LogP contribution in [0, 0.1) is 0 Å². The van der Waals surface area contributed by atoms with Crippen molar-refractivity contribution in [2.75, 3.05) is 52.4 Å². The van der Waals surface area contributed by atoms with Crippen LogP contribution in [0.25, 0.3) is 21.3 Å². The van der Waals surface area contributed by atoms with Crippen molar-refractivity contribution in [2.24, 2.45) is 0 Å². The molecule has 21 heavy (non-hydrogen) atoms. The summed E-state index contributed by atoms with van der Waals surface area (Å²) in [5.41, 5.74) is 0. The van der Waals surface area contributed by atoms with E-state index in [0.717, 1.165) is 52.4 Å². The van der Waals surface area contributed by atoms with E-state index in [2.05, 4.69) is 21.3 Å². The summed E-state index contributed by atoms with van der Waals surface area (Å²) in [6.45, 7) is 24.1. The van der Waals surface area contributed by atoms with Crippen LogP contribution >= 0.6 is 0 Å². The first-order valence-electron chi connectivity index (χ1n) is 8.19. The molecule has 0 spiro atoms. The molecular formula is C16H40N4Si. The van der Waals surface area contributed by atoms with Gasteiger partial charge < -0.3 is 21.3 Å². The zero-order valence-electron chi connectivity index (χ0n) is 15.9. The van der Waals surface area contributed by atoms with Crippen molar-refractivity contribution >= 4 is 11.0 Å². The summed E-state index contributed by atoms with van der Waals surface area (Å²) < 4.78 is 0. The second kappa shape index (κ2) is 50.1. The molecule has 0 aromatic carbocycles. The molecule has 0 unspecified atom stereocenters. The summed E-state index contributed by atoms with van der Waals surface area (Å²) in [6.07, 6.45) is 0. The van der Waals surface area contributed by atoms with E-state index in [4.69, 9.17) is 0 Å². The molecule has 0 atom stereocenters. The van der Waals surface area contributed by atoms with E-state index in [9.17, 15) is 0 Å². The Morgan fingerprint density at radius 3 is 0.429 bits per heavy atom. The van der Waals surface area contributed by atoms with Gasteiger partial charge in [0.2, 0.25) is 0 Å². The van der Waals surface area contributed by atoms with Gasteiger partial charge in [-0.15, -0.1) is 0 Å². The second-order valence-corrected chi connectivity index (χ2v) is 3.42. The minimum absolute atomic E-state index is 0.